The number of ether oxygens (including phenoxy) is 2. The molecule has 18 heavy (non-hydrogen) atoms. The molecule has 0 amide bonds. The van der Waals surface area contributed by atoms with E-state index in [9.17, 15) is 4.79 Å². The molecule has 0 aliphatic carbocycles. The number of anilines is 1. The average Bonchev–Trinajstić information content (AvgIpc) is 2.39. The van der Waals surface area contributed by atoms with Crippen LogP contribution < -0.4 is 4.90 Å². The highest BCUT2D eigenvalue weighted by molar-refractivity contribution is 5.69. The van der Waals surface area contributed by atoms with Crippen LogP contribution >= 0.6 is 0 Å². The van der Waals surface area contributed by atoms with Crippen molar-refractivity contribution in [1.29, 1.82) is 0 Å². The maximum Gasteiger partial charge on any atom is 0.308 e. The highest BCUT2D eigenvalue weighted by atomic mass is 16.5. The minimum atomic E-state index is -0.237. The van der Waals surface area contributed by atoms with Crippen molar-refractivity contribution in [2.75, 3.05) is 31.7 Å². The van der Waals surface area contributed by atoms with Crippen LogP contribution in [0, 0.1) is 6.92 Å². The third kappa shape index (κ3) is 3.20. The molecule has 1 saturated heterocycles. The lowest BCUT2D eigenvalue weighted by atomic mass is 10.2. The summed E-state index contributed by atoms with van der Waals surface area (Å²) < 4.78 is 10.2. The Balaban J connectivity index is 2.00. The Kier molecular flexibility index (Phi) is 4.15. The van der Waals surface area contributed by atoms with Gasteiger partial charge in [0.15, 0.2) is 0 Å². The van der Waals surface area contributed by atoms with Crippen LogP contribution in [0.15, 0.2) is 18.3 Å². The molecule has 0 radical (unpaired) electrons. The maximum absolute atomic E-state index is 11.2. The van der Waals surface area contributed by atoms with Gasteiger partial charge in [0.2, 0.25) is 0 Å². The number of aromatic nitrogens is 1. The second-order valence-corrected chi connectivity index (χ2v) is 4.41. The Hall–Kier alpha value is -1.62. The van der Waals surface area contributed by atoms with Gasteiger partial charge in [0.05, 0.1) is 26.2 Å². The van der Waals surface area contributed by atoms with Crippen LogP contribution in [-0.4, -0.2) is 43.9 Å². The quantitative estimate of drug-likeness (QED) is 0.753. The molecule has 2 heterocycles. The van der Waals surface area contributed by atoms with Gasteiger partial charge < -0.3 is 14.4 Å². The van der Waals surface area contributed by atoms with Crippen LogP contribution in [0.1, 0.15) is 12.0 Å². The molecule has 2 rings (SSSR count). The molecule has 1 aliphatic heterocycles. The van der Waals surface area contributed by atoms with Gasteiger partial charge in [-0.05, 0) is 24.6 Å². The summed E-state index contributed by atoms with van der Waals surface area (Å²) in [6.45, 7) is 4.12. The van der Waals surface area contributed by atoms with Crippen molar-refractivity contribution >= 4 is 11.8 Å². The average molecular weight is 250 g/mol. The van der Waals surface area contributed by atoms with Crippen LogP contribution in [0.3, 0.4) is 0 Å². The summed E-state index contributed by atoms with van der Waals surface area (Å²) in [5, 5.41) is 0. The largest absolute Gasteiger partial charge is 0.469 e. The van der Waals surface area contributed by atoms with Crippen LogP contribution in [0.4, 0.5) is 5.82 Å². The zero-order valence-corrected chi connectivity index (χ0v) is 10.8. The summed E-state index contributed by atoms with van der Waals surface area (Å²) in [6, 6.07) is 4.01. The number of nitrogens with zero attached hydrogens (tertiary/aromatic N) is 2. The minimum Gasteiger partial charge on any atom is -0.469 e. The molecule has 5 heteroatoms. The van der Waals surface area contributed by atoms with Crippen LogP contribution in [0.5, 0.6) is 0 Å². The maximum atomic E-state index is 11.2. The van der Waals surface area contributed by atoms with E-state index in [1.165, 1.54) is 12.7 Å². The number of hydrogen-bond acceptors (Lipinski definition) is 5. The summed E-state index contributed by atoms with van der Waals surface area (Å²) in [5.74, 6) is 0.701. The van der Waals surface area contributed by atoms with E-state index >= 15 is 0 Å². The highest BCUT2D eigenvalue weighted by Gasteiger charge is 2.23. The molecule has 1 fully saturated rings. The molecule has 1 aliphatic rings. The molecule has 1 unspecified atom stereocenters. The summed E-state index contributed by atoms with van der Waals surface area (Å²) >= 11 is 0. The lowest BCUT2D eigenvalue weighted by Crippen LogP contribution is -2.43. The van der Waals surface area contributed by atoms with Gasteiger partial charge in [-0.25, -0.2) is 4.98 Å². The van der Waals surface area contributed by atoms with Gasteiger partial charge in [-0.15, -0.1) is 0 Å². The van der Waals surface area contributed by atoms with E-state index in [1.54, 1.807) is 6.20 Å². The SMILES string of the molecule is COC(=O)CC1CN(c2cc(C)ccn2)CCO1. The molecular formula is C13H18N2O3. The number of pyridine rings is 1. The summed E-state index contributed by atoms with van der Waals surface area (Å²) in [7, 11) is 1.39. The molecule has 98 valence electrons. The van der Waals surface area contributed by atoms with Crippen molar-refractivity contribution in [3.63, 3.8) is 0 Å². The lowest BCUT2D eigenvalue weighted by Gasteiger charge is -2.33. The molecule has 0 bridgehead atoms. The molecule has 1 atom stereocenters. The van der Waals surface area contributed by atoms with Gasteiger partial charge >= 0.3 is 5.97 Å². The van der Waals surface area contributed by atoms with Crippen LogP contribution in [0.25, 0.3) is 0 Å². The first kappa shape index (κ1) is 12.8. The number of carbonyl (C=O) groups excluding carboxylic acids is 1. The van der Waals surface area contributed by atoms with E-state index in [-0.39, 0.29) is 12.1 Å². The molecule has 1 aromatic rings. The zero-order chi connectivity index (χ0) is 13.0. The fourth-order valence-corrected chi connectivity index (χ4v) is 2.01. The second kappa shape index (κ2) is 5.82. The fraction of sp³-hybridized carbons (Fsp3) is 0.538. The first-order valence-corrected chi connectivity index (χ1v) is 6.05. The van der Waals surface area contributed by atoms with Gasteiger partial charge in [0, 0.05) is 19.3 Å². The topological polar surface area (TPSA) is 51.7 Å². The Morgan fingerprint density at radius 2 is 2.50 bits per heavy atom. The summed E-state index contributed by atoms with van der Waals surface area (Å²) in [6.07, 6.45) is 1.97. The fourth-order valence-electron chi connectivity index (χ4n) is 2.01. The van der Waals surface area contributed by atoms with E-state index in [2.05, 4.69) is 14.6 Å². The Labute approximate surface area is 107 Å². The van der Waals surface area contributed by atoms with Gasteiger partial charge in [-0.2, -0.15) is 0 Å². The second-order valence-electron chi connectivity index (χ2n) is 4.41. The third-order valence-corrected chi connectivity index (χ3v) is 2.99. The van der Waals surface area contributed by atoms with Gasteiger partial charge in [0.1, 0.15) is 5.82 Å². The standard InChI is InChI=1S/C13H18N2O3/c1-10-3-4-14-12(7-10)15-5-6-18-11(9-15)8-13(16)17-2/h3-4,7,11H,5-6,8-9H2,1-2H3. The van der Waals surface area contributed by atoms with Gasteiger partial charge in [-0.3, -0.25) is 4.79 Å². The van der Waals surface area contributed by atoms with Crippen molar-refractivity contribution in [1.82, 2.24) is 4.98 Å². The molecule has 1 aromatic heterocycles. The van der Waals surface area contributed by atoms with Crippen molar-refractivity contribution in [3.8, 4) is 0 Å². The summed E-state index contributed by atoms with van der Waals surface area (Å²) in [5.41, 5.74) is 1.18. The van der Waals surface area contributed by atoms with E-state index in [1.807, 2.05) is 19.1 Å². The molecular weight excluding hydrogens is 232 g/mol. The Morgan fingerprint density at radius 1 is 1.67 bits per heavy atom. The number of carbonyl (C=O) groups is 1. The number of rotatable bonds is 3. The Morgan fingerprint density at radius 3 is 3.22 bits per heavy atom. The number of hydrogen-bond donors (Lipinski definition) is 0. The first-order valence-electron chi connectivity index (χ1n) is 6.05. The first-order chi connectivity index (χ1) is 8.69. The summed E-state index contributed by atoms with van der Waals surface area (Å²) in [4.78, 5) is 17.7. The van der Waals surface area contributed by atoms with Gasteiger partial charge in [0.25, 0.3) is 0 Å². The van der Waals surface area contributed by atoms with Crippen molar-refractivity contribution in [2.24, 2.45) is 0 Å². The van der Waals surface area contributed by atoms with Crippen molar-refractivity contribution in [2.45, 2.75) is 19.4 Å². The number of esters is 1. The number of aryl methyl sites for hydroxylation is 1. The van der Waals surface area contributed by atoms with Gasteiger partial charge in [-0.1, -0.05) is 0 Å². The molecule has 0 spiro atoms. The predicted octanol–water partition coefficient (Wildman–Crippen LogP) is 1.16. The van der Waals surface area contributed by atoms with Crippen molar-refractivity contribution in [3.05, 3.63) is 23.9 Å². The molecule has 0 N–H and O–H groups in total. The smallest absolute Gasteiger partial charge is 0.308 e. The Bertz CT molecular complexity index is 422. The lowest BCUT2D eigenvalue weighted by molar-refractivity contribution is -0.144. The zero-order valence-electron chi connectivity index (χ0n) is 10.8. The number of morpholine rings is 1. The third-order valence-electron chi connectivity index (χ3n) is 2.99. The van der Waals surface area contributed by atoms with Crippen molar-refractivity contribution < 1.29 is 14.3 Å². The van der Waals surface area contributed by atoms with E-state index in [0.717, 1.165) is 12.4 Å². The van der Waals surface area contributed by atoms with E-state index < -0.39 is 0 Å². The van der Waals surface area contributed by atoms with E-state index in [0.29, 0.717) is 19.6 Å². The molecule has 0 aromatic carbocycles. The predicted molar refractivity (Wildman–Crippen MR) is 67.6 cm³/mol. The van der Waals surface area contributed by atoms with Crippen LogP contribution in [-0.2, 0) is 14.3 Å². The molecule has 0 saturated carbocycles. The molecule has 5 nitrogen and oxygen atoms in total. The number of methoxy groups -OCH3 is 1. The van der Waals surface area contributed by atoms with E-state index in [4.69, 9.17) is 4.74 Å². The minimum absolute atomic E-state index is 0.117. The van der Waals surface area contributed by atoms with Crippen LogP contribution in [0.2, 0.25) is 0 Å². The normalized spacial score (nSPS) is 19.7. The highest BCUT2D eigenvalue weighted by Crippen LogP contribution is 2.17. The monoisotopic (exact) mass is 250 g/mol.